The molecule has 0 unspecified atom stereocenters. The van der Waals surface area contributed by atoms with Crippen LogP contribution in [0.15, 0.2) is 22.7 Å². The number of benzene rings is 1. The molecule has 0 atom stereocenters. The van der Waals surface area contributed by atoms with Gasteiger partial charge in [0.25, 0.3) is 0 Å². The van der Waals surface area contributed by atoms with E-state index in [1.807, 2.05) is 0 Å². The Labute approximate surface area is 117 Å². The summed E-state index contributed by atoms with van der Waals surface area (Å²) >= 11 is 3.13. The fourth-order valence-corrected chi connectivity index (χ4v) is 2.03. The van der Waals surface area contributed by atoms with Crippen molar-refractivity contribution >= 4 is 27.6 Å². The van der Waals surface area contributed by atoms with Gasteiger partial charge in [-0.25, -0.2) is 0 Å². The largest absolute Gasteiger partial charge is 0.481 e. The first-order valence-corrected chi connectivity index (χ1v) is 6.38. The first kappa shape index (κ1) is 15.8. The Morgan fingerprint density at radius 3 is 2.53 bits per heavy atom. The third-order valence-corrected chi connectivity index (χ3v) is 3.08. The molecule has 0 aromatic heterocycles. The van der Waals surface area contributed by atoms with Crippen LogP contribution in [-0.4, -0.2) is 24.2 Å². The lowest BCUT2D eigenvalue weighted by molar-refractivity contribution is -0.137. The minimum atomic E-state index is -4.47. The summed E-state index contributed by atoms with van der Waals surface area (Å²) in [6.45, 7) is 2.01. The summed E-state index contributed by atoms with van der Waals surface area (Å²) in [5.74, 6) is -1.04. The number of halogens is 4. The van der Waals surface area contributed by atoms with Gasteiger partial charge in [-0.3, -0.25) is 4.79 Å². The number of anilines is 1. The third kappa shape index (κ3) is 4.41. The molecule has 0 saturated carbocycles. The number of carboxylic acid groups (broad SMARTS) is 1. The summed E-state index contributed by atoms with van der Waals surface area (Å²) < 4.78 is 39.3. The van der Waals surface area contributed by atoms with Gasteiger partial charge in [0.15, 0.2) is 0 Å². The number of alkyl halides is 3. The first-order chi connectivity index (χ1) is 8.75. The molecule has 0 radical (unpaired) electrons. The molecule has 1 rings (SSSR count). The predicted octanol–water partition coefficient (Wildman–Crippen LogP) is 3.77. The van der Waals surface area contributed by atoms with Gasteiger partial charge in [-0.1, -0.05) is 15.9 Å². The van der Waals surface area contributed by atoms with E-state index in [9.17, 15) is 18.0 Å². The van der Waals surface area contributed by atoms with E-state index in [2.05, 4.69) is 15.9 Å². The van der Waals surface area contributed by atoms with Crippen LogP contribution in [0.1, 0.15) is 18.9 Å². The summed E-state index contributed by atoms with van der Waals surface area (Å²) in [6.07, 6.45) is -4.68. The normalized spacial score (nSPS) is 11.4. The molecule has 0 aliphatic rings. The van der Waals surface area contributed by atoms with Crippen LogP contribution in [0.4, 0.5) is 18.9 Å². The number of nitrogens with zero attached hydrogens (tertiary/aromatic N) is 1. The molecule has 7 heteroatoms. The molecule has 0 aliphatic heterocycles. The molecule has 1 N–H and O–H groups in total. The number of carboxylic acids is 1. The van der Waals surface area contributed by atoms with Gasteiger partial charge in [-0.05, 0) is 25.1 Å². The Kier molecular flexibility index (Phi) is 5.22. The van der Waals surface area contributed by atoms with Crippen molar-refractivity contribution in [3.63, 3.8) is 0 Å². The Morgan fingerprint density at radius 2 is 2.05 bits per heavy atom. The number of hydrogen-bond donors (Lipinski definition) is 1. The molecule has 0 saturated heterocycles. The lowest BCUT2D eigenvalue weighted by atomic mass is 10.1. The van der Waals surface area contributed by atoms with Gasteiger partial charge < -0.3 is 10.0 Å². The van der Waals surface area contributed by atoms with Gasteiger partial charge in [-0.2, -0.15) is 13.2 Å². The van der Waals surface area contributed by atoms with E-state index in [-0.39, 0.29) is 18.7 Å². The minimum absolute atomic E-state index is 0.00868. The number of rotatable bonds is 5. The standard InChI is InChI=1S/C12H13BrF3NO2/c1-2-17(6-5-11(18)19)10-7-8(13)3-4-9(10)12(14,15)16/h3-4,7H,2,5-6H2,1H3,(H,18,19). The van der Waals surface area contributed by atoms with E-state index in [0.29, 0.717) is 11.0 Å². The molecule has 1 aromatic carbocycles. The van der Waals surface area contributed by atoms with Crippen molar-refractivity contribution in [2.45, 2.75) is 19.5 Å². The second kappa shape index (κ2) is 6.27. The molecule has 0 heterocycles. The SMILES string of the molecule is CCN(CCC(=O)O)c1cc(Br)ccc1C(F)(F)F. The number of hydrogen-bond acceptors (Lipinski definition) is 2. The highest BCUT2D eigenvalue weighted by Crippen LogP contribution is 2.38. The second-order valence-electron chi connectivity index (χ2n) is 3.88. The zero-order chi connectivity index (χ0) is 14.6. The maximum Gasteiger partial charge on any atom is 0.418 e. The van der Waals surface area contributed by atoms with Gasteiger partial charge in [0.05, 0.1) is 17.7 Å². The van der Waals surface area contributed by atoms with Crippen molar-refractivity contribution in [2.75, 3.05) is 18.0 Å². The topological polar surface area (TPSA) is 40.5 Å². The smallest absolute Gasteiger partial charge is 0.418 e. The van der Waals surface area contributed by atoms with Gasteiger partial charge in [-0.15, -0.1) is 0 Å². The minimum Gasteiger partial charge on any atom is -0.481 e. The zero-order valence-corrected chi connectivity index (χ0v) is 11.8. The van der Waals surface area contributed by atoms with Gasteiger partial charge in [0.2, 0.25) is 0 Å². The van der Waals surface area contributed by atoms with Crippen LogP contribution < -0.4 is 4.90 Å². The Morgan fingerprint density at radius 1 is 1.42 bits per heavy atom. The van der Waals surface area contributed by atoms with Crippen molar-refractivity contribution in [1.82, 2.24) is 0 Å². The van der Waals surface area contributed by atoms with Crippen LogP contribution >= 0.6 is 15.9 Å². The maximum atomic E-state index is 12.9. The Hall–Kier alpha value is -1.24. The summed E-state index contributed by atoms with van der Waals surface area (Å²) in [5, 5.41) is 8.63. The second-order valence-corrected chi connectivity index (χ2v) is 4.80. The predicted molar refractivity (Wildman–Crippen MR) is 69.3 cm³/mol. The van der Waals surface area contributed by atoms with Crippen LogP contribution in [0.2, 0.25) is 0 Å². The highest BCUT2D eigenvalue weighted by Gasteiger charge is 2.34. The van der Waals surface area contributed by atoms with Crippen LogP contribution in [0.5, 0.6) is 0 Å². The lowest BCUT2D eigenvalue weighted by Gasteiger charge is -2.26. The summed E-state index contributed by atoms with van der Waals surface area (Å²) in [5.41, 5.74) is -0.770. The van der Waals surface area contributed by atoms with Crippen LogP contribution in [0.3, 0.4) is 0 Å². The monoisotopic (exact) mass is 339 g/mol. The molecule has 106 valence electrons. The molecular formula is C12H13BrF3NO2. The van der Waals surface area contributed by atoms with E-state index < -0.39 is 17.7 Å². The van der Waals surface area contributed by atoms with E-state index in [0.717, 1.165) is 6.07 Å². The average Bonchev–Trinajstić information content (AvgIpc) is 2.27. The fraction of sp³-hybridized carbons (Fsp3) is 0.417. The zero-order valence-electron chi connectivity index (χ0n) is 10.2. The summed E-state index contributed by atoms with van der Waals surface area (Å²) in [7, 11) is 0. The molecule has 0 aliphatic carbocycles. The molecular weight excluding hydrogens is 327 g/mol. The molecule has 0 fully saturated rings. The number of aliphatic carboxylic acids is 1. The van der Waals surface area contributed by atoms with Crippen LogP contribution in [0.25, 0.3) is 0 Å². The van der Waals surface area contributed by atoms with E-state index in [1.54, 1.807) is 6.92 Å². The third-order valence-electron chi connectivity index (χ3n) is 2.58. The molecule has 3 nitrogen and oxygen atoms in total. The first-order valence-electron chi connectivity index (χ1n) is 5.59. The summed E-state index contributed by atoms with van der Waals surface area (Å²) in [6, 6.07) is 3.66. The van der Waals surface area contributed by atoms with E-state index in [4.69, 9.17) is 5.11 Å². The molecule has 0 spiro atoms. The van der Waals surface area contributed by atoms with Gasteiger partial charge in [0.1, 0.15) is 0 Å². The summed E-state index contributed by atoms with van der Waals surface area (Å²) in [4.78, 5) is 11.9. The maximum absolute atomic E-state index is 12.9. The van der Waals surface area contributed by atoms with Crippen LogP contribution in [0, 0.1) is 0 Å². The molecule has 19 heavy (non-hydrogen) atoms. The molecule has 0 amide bonds. The van der Waals surface area contributed by atoms with Crippen molar-refractivity contribution < 1.29 is 23.1 Å². The highest BCUT2D eigenvalue weighted by molar-refractivity contribution is 9.10. The Bertz CT molecular complexity index is 463. The van der Waals surface area contributed by atoms with Crippen molar-refractivity contribution in [1.29, 1.82) is 0 Å². The highest BCUT2D eigenvalue weighted by atomic mass is 79.9. The quantitative estimate of drug-likeness (QED) is 0.887. The van der Waals surface area contributed by atoms with Crippen molar-refractivity contribution in [3.8, 4) is 0 Å². The van der Waals surface area contributed by atoms with E-state index >= 15 is 0 Å². The van der Waals surface area contributed by atoms with E-state index in [1.165, 1.54) is 17.0 Å². The van der Waals surface area contributed by atoms with Crippen molar-refractivity contribution in [2.24, 2.45) is 0 Å². The number of carbonyl (C=O) groups is 1. The Balaban J connectivity index is 3.14. The lowest BCUT2D eigenvalue weighted by Crippen LogP contribution is -2.28. The van der Waals surface area contributed by atoms with Gasteiger partial charge >= 0.3 is 12.1 Å². The molecule has 0 bridgehead atoms. The van der Waals surface area contributed by atoms with Crippen molar-refractivity contribution in [3.05, 3.63) is 28.2 Å². The average molecular weight is 340 g/mol. The fourth-order valence-electron chi connectivity index (χ4n) is 1.69. The molecule has 1 aromatic rings. The van der Waals surface area contributed by atoms with Crippen LogP contribution in [-0.2, 0) is 11.0 Å². The van der Waals surface area contributed by atoms with Gasteiger partial charge in [0, 0.05) is 17.6 Å².